The highest BCUT2D eigenvalue weighted by atomic mass is 15.2. The van der Waals surface area contributed by atoms with Gasteiger partial charge in [0.15, 0.2) is 0 Å². The van der Waals surface area contributed by atoms with Crippen LogP contribution in [0.1, 0.15) is 56.6 Å². The second-order valence-corrected chi connectivity index (χ2v) is 6.90. The normalized spacial score (nSPS) is 25.1. The van der Waals surface area contributed by atoms with Gasteiger partial charge in [-0.2, -0.15) is 0 Å². The zero-order chi connectivity index (χ0) is 14.7. The highest BCUT2D eigenvalue weighted by Crippen LogP contribution is 2.40. The van der Waals surface area contributed by atoms with Crippen molar-refractivity contribution in [3.05, 3.63) is 29.3 Å². The van der Waals surface area contributed by atoms with Crippen LogP contribution in [0.25, 0.3) is 0 Å². The van der Waals surface area contributed by atoms with E-state index in [1.165, 1.54) is 61.9 Å². The van der Waals surface area contributed by atoms with Crippen LogP contribution in [0.5, 0.6) is 0 Å². The molecule has 1 saturated heterocycles. The van der Waals surface area contributed by atoms with E-state index in [9.17, 15) is 0 Å². The van der Waals surface area contributed by atoms with Crippen LogP contribution in [0.15, 0.2) is 18.2 Å². The number of nitrogens with zero attached hydrogens (tertiary/aromatic N) is 1. The second-order valence-electron chi connectivity index (χ2n) is 6.90. The zero-order valence-electron chi connectivity index (χ0n) is 13.7. The molecule has 0 aromatic heterocycles. The summed E-state index contributed by atoms with van der Waals surface area (Å²) in [6.07, 6.45) is 8.32. The largest absolute Gasteiger partial charge is 0.368 e. The number of nitrogens with one attached hydrogen (secondary N) is 1. The summed E-state index contributed by atoms with van der Waals surface area (Å²) in [5.41, 5.74) is 4.38. The molecule has 0 spiro atoms. The van der Waals surface area contributed by atoms with Crippen molar-refractivity contribution in [2.75, 3.05) is 18.0 Å². The maximum absolute atomic E-state index is 3.59. The Morgan fingerprint density at radius 2 is 2.05 bits per heavy atom. The molecule has 1 heterocycles. The van der Waals surface area contributed by atoms with Crippen LogP contribution < -0.4 is 10.2 Å². The number of piperidine rings is 1. The first-order valence-corrected chi connectivity index (χ1v) is 8.86. The molecule has 1 N–H and O–H groups in total. The number of rotatable bonds is 5. The van der Waals surface area contributed by atoms with Gasteiger partial charge in [0.2, 0.25) is 0 Å². The van der Waals surface area contributed by atoms with Gasteiger partial charge in [-0.1, -0.05) is 31.0 Å². The van der Waals surface area contributed by atoms with Gasteiger partial charge in [0.05, 0.1) is 0 Å². The Labute approximate surface area is 129 Å². The van der Waals surface area contributed by atoms with E-state index in [4.69, 9.17) is 0 Å². The molecule has 0 bridgehead atoms. The van der Waals surface area contributed by atoms with Crippen LogP contribution in [-0.4, -0.2) is 19.1 Å². The Morgan fingerprint density at radius 1 is 1.19 bits per heavy atom. The SMILES string of the molecule is CCCNCc1cc(C)ccc1N1CCCC2CCCC21. The van der Waals surface area contributed by atoms with E-state index in [0.29, 0.717) is 0 Å². The molecule has 0 radical (unpaired) electrons. The summed E-state index contributed by atoms with van der Waals surface area (Å²) in [4.78, 5) is 2.74. The van der Waals surface area contributed by atoms with E-state index in [-0.39, 0.29) is 0 Å². The molecular weight excluding hydrogens is 256 g/mol. The van der Waals surface area contributed by atoms with Crippen LogP contribution in [0, 0.1) is 12.8 Å². The quantitative estimate of drug-likeness (QED) is 0.813. The van der Waals surface area contributed by atoms with E-state index < -0.39 is 0 Å². The predicted molar refractivity (Wildman–Crippen MR) is 90.9 cm³/mol. The highest BCUT2D eigenvalue weighted by Gasteiger charge is 2.35. The fourth-order valence-electron chi connectivity index (χ4n) is 4.29. The molecule has 2 atom stereocenters. The lowest BCUT2D eigenvalue weighted by Crippen LogP contribution is -2.43. The average molecular weight is 286 g/mol. The third kappa shape index (κ3) is 3.26. The smallest absolute Gasteiger partial charge is 0.0414 e. The van der Waals surface area contributed by atoms with E-state index in [1.807, 2.05) is 0 Å². The van der Waals surface area contributed by atoms with E-state index in [0.717, 1.165) is 25.0 Å². The van der Waals surface area contributed by atoms with E-state index in [2.05, 4.69) is 42.3 Å². The topological polar surface area (TPSA) is 15.3 Å². The minimum absolute atomic E-state index is 0.811. The molecule has 116 valence electrons. The molecular formula is C19H30N2. The maximum Gasteiger partial charge on any atom is 0.0414 e. The van der Waals surface area contributed by atoms with Gasteiger partial charge < -0.3 is 10.2 Å². The number of hydrogen-bond donors (Lipinski definition) is 1. The third-order valence-electron chi connectivity index (χ3n) is 5.28. The Kier molecular flexibility index (Phi) is 4.84. The molecule has 2 nitrogen and oxygen atoms in total. The van der Waals surface area contributed by atoms with Gasteiger partial charge in [-0.3, -0.25) is 0 Å². The standard InChI is InChI=1S/C19H30N2/c1-3-11-20-14-17-13-15(2)9-10-19(17)21-12-5-7-16-6-4-8-18(16)21/h9-10,13,16,18,20H,3-8,11-12,14H2,1-2H3. The zero-order valence-corrected chi connectivity index (χ0v) is 13.7. The highest BCUT2D eigenvalue weighted by molar-refractivity contribution is 5.56. The Hall–Kier alpha value is -1.02. The third-order valence-corrected chi connectivity index (χ3v) is 5.28. The van der Waals surface area contributed by atoms with Crippen molar-refractivity contribution in [3.63, 3.8) is 0 Å². The van der Waals surface area contributed by atoms with Crippen molar-refractivity contribution < 1.29 is 0 Å². The Bertz CT molecular complexity index is 469. The molecule has 3 rings (SSSR count). The minimum atomic E-state index is 0.811. The number of fused-ring (bicyclic) bond motifs is 1. The first-order valence-electron chi connectivity index (χ1n) is 8.86. The lowest BCUT2D eigenvalue weighted by Gasteiger charge is -2.40. The molecule has 1 aromatic rings. The monoisotopic (exact) mass is 286 g/mol. The molecule has 0 amide bonds. The van der Waals surface area contributed by atoms with Crippen LogP contribution in [-0.2, 0) is 6.54 Å². The first kappa shape index (κ1) is 14.9. The summed E-state index contributed by atoms with van der Waals surface area (Å²) in [7, 11) is 0. The maximum atomic E-state index is 3.59. The van der Waals surface area contributed by atoms with Gasteiger partial charge in [-0.15, -0.1) is 0 Å². The predicted octanol–water partition coefficient (Wildman–Crippen LogP) is 4.26. The van der Waals surface area contributed by atoms with Crippen LogP contribution in [0.3, 0.4) is 0 Å². The fraction of sp³-hybridized carbons (Fsp3) is 0.684. The van der Waals surface area contributed by atoms with Crippen molar-refractivity contribution in [2.24, 2.45) is 5.92 Å². The average Bonchev–Trinajstić information content (AvgIpc) is 2.96. The van der Waals surface area contributed by atoms with Crippen molar-refractivity contribution in [2.45, 2.75) is 65.0 Å². The molecule has 1 aliphatic heterocycles. The summed E-state index contributed by atoms with van der Waals surface area (Å²) in [5, 5.41) is 3.59. The van der Waals surface area contributed by atoms with E-state index >= 15 is 0 Å². The molecule has 1 aliphatic carbocycles. The number of benzene rings is 1. The van der Waals surface area contributed by atoms with Crippen LogP contribution in [0.4, 0.5) is 5.69 Å². The lowest BCUT2D eigenvalue weighted by atomic mass is 9.91. The van der Waals surface area contributed by atoms with Crippen molar-refractivity contribution in [3.8, 4) is 0 Å². The minimum Gasteiger partial charge on any atom is -0.368 e. The summed E-state index contributed by atoms with van der Waals surface area (Å²) in [6, 6.07) is 7.86. The van der Waals surface area contributed by atoms with Gasteiger partial charge in [0.25, 0.3) is 0 Å². The van der Waals surface area contributed by atoms with Crippen LogP contribution >= 0.6 is 0 Å². The number of hydrogen-bond acceptors (Lipinski definition) is 2. The van der Waals surface area contributed by atoms with Crippen molar-refractivity contribution >= 4 is 5.69 Å². The van der Waals surface area contributed by atoms with Gasteiger partial charge in [-0.25, -0.2) is 0 Å². The molecule has 1 aromatic carbocycles. The van der Waals surface area contributed by atoms with Gasteiger partial charge in [0.1, 0.15) is 0 Å². The molecule has 1 saturated carbocycles. The summed E-state index contributed by atoms with van der Waals surface area (Å²) in [6.45, 7) is 7.82. The van der Waals surface area contributed by atoms with Crippen molar-refractivity contribution in [1.29, 1.82) is 0 Å². The fourth-order valence-corrected chi connectivity index (χ4v) is 4.29. The molecule has 2 aliphatic rings. The molecule has 21 heavy (non-hydrogen) atoms. The Balaban J connectivity index is 1.82. The van der Waals surface area contributed by atoms with Crippen LogP contribution in [0.2, 0.25) is 0 Å². The number of anilines is 1. The molecule has 2 heteroatoms. The second kappa shape index (κ2) is 6.83. The molecule has 2 fully saturated rings. The number of aryl methyl sites for hydroxylation is 1. The lowest BCUT2D eigenvalue weighted by molar-refractivity contribution is 0.362. The Morgan fingerprint density at radius 3 is 2.90 bits per heavy atom. The van der Waals surface area contributed by atoms with E-state index in [1.54, 1.807) is 0 Å². The van der Waals surface area contributed by atoms with Gasteiger partial charge in [-0.05, 0) is 63.1 Å². The first-order chi connectivity index (χ1) is 10.3. The summed E-state index contributed by atoms with van der Waals surface area (Å²) in [5.74, 6) is 0.955. The van der Waals surface area contributed by atoms with Gasteiger partial charge in [0, 0.05) is 24.8 Å². The summed E-state index contributed by atoms with van der Waals surface area (Å²) >= 11 is 0. The van der Waals surface area contributed by atoms with Gasteiger partial charge >= 0.3 is 0 Å². The summed E-state index contributed by atoms with van der Waals surface area (Å²) < 4.78 is 0. The molecule has 2 unspecified atom stereocenters. The van der Waals surface area contributed by atoms with Crippen molar-refractivity contribution in [1.82, 2.24) is 5.32 Å².